The fraction of sp³-hybridized carbons (Fsp3) is 0.533. The van der Waals surface area contributed by atoms with Gasteiger partial charge in [-0.25, -0.2) is 0 Å². The van der Waals surface area contributed by atoms with Crippen molar-refractivity contribution >= 4 is 17.7 Å². The van der Waals surface area contributed by atoms with Crippen LogP contribution in [0.25, 0.3) is 0 Å². The summed E-state index contributed by atoms with van der Waals surface area (Å²) in [5.74, 6) is 2.23. The van der Waals surface area contributed by atoms with Gasteiger partial charge in [-0.3, -0.25) is 9.69 Å². The number of thioether (sulfide) groups is 1. The lowest BCUT2D eigenvalue weighted by Gasteiger charge is -2.34. The first-order valence-electron chi connectivity index (χ1n) is 7.09. The van der Waals surface area contributed by atoms with Crippen molar-refractivity contribution in [3.05, 3.63) is 35.9 Å². The molecule has 1 aromatic carbocycles. The zero-order chi connectivity index (χ0) is 14.4. The van der Waals surface area contributed by atoms with Gasteiger partial charge in [0, 0.05) is 37.2 Å². The summed E-state index contributed by atoms with van der Waals surface area (Å²) in [6.45, 7) is 4.30. The molecule has 110 valence electrons. The van der Waals surface area contributed by atoms with E-state index in [0.29, 0.717) is 6.54 Å². The highest BCUT2D eigenvalue weighted by atomic mass is 32.2. The molecule has 1 aliphatic rings. The molecule has 4 nitrogen and oxygen atoms in total. The minimum absolute atomic E-state index is 0.00729. The van der Waals surface area contributed by atoms with Crippen LogP contribution in [0.15, 0.2) is 30.3 Å². The molecule has 0 radical (unpaired) electrons. The molecule has 1 heterocycles. The maximum absolute atomic E-state index is 12.6. The minimum Gasteiger partial charge on any atom is -0.351 e. The van der Waals surface area contributed by atoms with Crippen LogP contribution in [0.1, 0.15) is 18.5 Å². The summed E-state index contributed by atoms with van der Waals surface area (Å²) in [5, 5.41) is 3.01. The average Bonchev–Trinajstić information content (AvgIpc) is 2.49. The Morgan fingerprint density at radius 1 is 1.35 bits per heavy atom. The molecule has 3 N–H and O–H groups in total. The van der Waals surface area contributed by atoms with Crippen molar-refractivity contribution in [2.45, 2.75) is 19.0 Å². The van der Waals surface area contributed by atoms with Crippen molar-refractivity contribution in [3.8, 4) is 0 Å². The van der Waals surface area contributed by atoms with Crippen molar-refractivity contribution in [2.75, 3.05) is 31.1 Å². The lowest BCUT2D eigenvalue weighted by molar-refractivity contribution is -0.127. The van der Waals surface area contributed by atoms with Gasteiger partial charge in [0.2, 0.25) is 5.91 Å². The smallest absolute Gasteiger partial charge is 0.242 e. The van der Waals surface area contributed by atoms with Crippen LogP contribution in [-0.4, -0.2) is 48.0 Å². The molecular weight excluding hydrogens is 270 g/mol. The second-order valence-corrected chi connectivity index (χ2v) is 6.33. The summed E-state index contributed by atoms with van der Waals surface area (Å²) >= 11 is 1.95. The van der Waals surface area contributed by atoms with E-state index in [1.165, 1.54) is 0 Å². The van der Waals surface area contributed by atoms with Gasteiger partial charge in [0.25, 0.3) is 0 Å². The van der Waals surface area contributed by atoms with Gasteiger partial charge < -0.3 is 11.1 Å². The van der Waals surface area contributed by atoms with Gasteiger partial charge in [0.1, 0.15) is 6.04 Å². The lowest BCUT2D eigenvalue weighted by Crippen LogP contribution is -2.47. The zero-order valence-electron chi connectivity index (χ0n) is 11.9. The van der Waals surface area contributed by atoms with Gasteiger partial charge in [-0.05, 0) is 12.5 Å². The highest BCUT2D eigenvalue weighted by molar-refractivity contribution is 7.99. The van der Waals surface area contributed by atoms with E-state index < -0.39 is 0 Å². The average molecular weight is 293 g/mol. The Balaban J connectivity index is 2.17. The Labute approximate surface area is 125 Å². The molecule has 0 aromatic heterocycles. The summed E-state index contributed by atoms with van der Waals surface area (Å²) in [7, 11) is 0. The third-order valence-corrected chi connectivity index (χ3v) is 4.46. The van der Waals surface area contributed by atoms with E-state index in [1.54, 1.807) is 0 Å². The molecule has 20 heavy (non-hydrogen) atoms. The fourth-order valence-electron chi connectivity index (χ4n) is 2.38. The highest BCUT2D eigenvalue weighted by Gasteiger charge is 2.29. The van der Waals surface area contributed by atoms with Gasteiger partial charge in [-0.15, -0.1) is 0 Å². The highest BCUT2D eigenvalue weighted by Crippen LogP contribution is 2.24. The third-order valence-electron chi connectivity index (χ3n) is 3.52. The maximum Gasteiger partial charge on any atom is 0.242 e. The molecule has 0 spiro atoms. The molecule has 2 atom stereocenters. The number of nitrogens with one attached hydrogen (secondary N) is 1. The van der Waals surface area contributed by atoms with Gasteiger partial charge in [-0.2, -0.15) is 11.8 Å². The summed E-state index contributed by atoms with van der Waals surface area (Å²) < 4.78 is 0. The molecule has 1 fully saturated rings. The number of benzene rings is 1. The zero-order valence-corrected chi connectivity index (χ0v) is 12.7. The number of amides is 1. The summed E-state index contributed by atoms with van der Waals surface area (Å²) in [6, 6.07) is 9.81. The van der Waals surface area contributed by atoms with Crippen LogP contribution in [0.2, 0.25) is 0 Å². The first kappa shape index (κ1) is 15.4. The standard InChI is InChI=1S/C15H23N3OS/c1-12(11-16)17-15(19)14(13-5-3-2-4-6-13)18-7-9-20-10-8-18/h2-6,12,14H,7-11,16H2,1H3,(H,17,19)/t12-,14?/m0/s1. The normalized spacial score (nSPS) is 19.3. The quantitative estimate of drug-likeness (QED) is 0.857. The topological polar surface area (TPSA) is 58.4 Å². The van der Waals surface area contributed by atoms with E-state index in [2.05, 4.69) is 10.2 Å². The van der Waals surface area contributed by atoms with E-state index in [-0.39, 0.29) is 18.0 Å². The molecule has 2 rings (SSSR count). The number of carbonyl (C=O) groups excluding carboxylic acids is 1. The summed E-state index contributed by atoms with van der Waals surface area (Å²) in [6.07, 6.45) is 0. The minimum atomic E-state index is -0.203. The van der Waals surface area contributed by atoms with Gasteiger partial charge in [0.15, 0.2) is 0 Å². The number of nitrogens with two attached hydrogens (primary N) is 1. The lowest BCUT2D eigenvalue weighted by atomic mass is 10.0. The predicted molar refractivity (Wildman–Crippen MR) is 84.7 cm³/mol. The largest absolute Gasteiger partial charge is 0.351 e. The Bertz CT molecular complexity index is 420. The molecule has 1 aliphatic heterocycles. The number of hydrogen-bond acceptors (Lipinski definition) is 4. The number of nitrogens with zero attached hydrogens (tertiary/aromatic N) is 1. The second-order valence-electron chi connectivity index (χ2n) is 5.11. The van der Waals surface area contributed by atoms with Gasteiger partial charge in [-0.1, -0.05) is 30.3 Å². The van der Waals surface area contributed by atoms with Crippen LogP contribution in [0, 0.1) is 0 Å². The fourth-order valence-corrected chi connectivity index (χ4v) is 3.31. The van der Waals surface area contributed by atoms with E-state index in [9.17, 15) is 4.79 Å². The molecule has 1 amide bonds. The molecule has 1 aromatic rings. The first-order valence-corrected chi connectivity index (χ1v) is 8.25. The Morgan fingerprint density at radius 2 is 2.00 bits per heavy atom. The van der Waals surface area contributed by atoms with Crippen molar-refractivity contribution in [2.24, 2.45) is 5.73 Å². The molecule has 1 saturated heterocycles. The van der Waals surface area contributed by atoms with Crippen LogP contribution < -0.4 is 11.1 Å². The molecule has 0 saturated carbocycles. The molecule has 1 unspecified atom stereocenters. The van der Waals surface area contributed by atoms with Gasteiger partial charge >= 0.3 is 0 Å². The van der Waals surface area contributed by atoms with Crippen LogP contribution in [-0.2, 0) is 4.79 Å². The number of carbonyl (C=O) groups is 1. The van der Waals surface area contributed by atoms with Crippen molar-refractivity contribution in [1.29, 1.82) is 0 Å². The third kappa shape index (κ3) is 3.98. The van der Waals surface area contributed by atoms with Gasteiger partial charge in [0.05, 0.1) is 0 Å². The second kappa shape index (κ2) is 7.67. The Hall–Kier alpha value is -1.04. The number of hydrogen-bond donors (Lipinski definition) is 2. The first-order chi connectivity index (χ1) is 9.72. The summed E-state index contributed by atoms with van der Waals surface area (Å²) in [5.41, 5.74) is 6.66. The Morgan fingerprint density at radius 3 is 2.60 bits per heavy atom. The molecule has 0 aliphatic carbocycles. The van der Waals surface area contributed by atoms with Crippen LogP contribution >= 0.6 is 11.8 Å². The van der Waals surface area contributed by atoms with Crippen LogP contribution in [0.5, 0.6) is 0 Å². The molecule has 5 heteroatoms. The molecule has 0 bridgehead atoms. The maximum atomic E-state index is 12.6. The van der Waals surface area contributed by atoms with Crippen molar-refractivity contribution in [3.63, 3.8) is 0 Å². The van der Waals surface area contributed by atoms with Crippen LogP contribution in [0.4, 0.5) is 0 Å². The summed E-state index contributed by atoms with van der Waals surface area (Å²) in [4.78, 5) is 14.9. The SMILES string of the molecule is C[C@@H](CN)NC(=O)C(c1ccccc1)N1CCSCC1. The van der Waals surface area contributed by atoms with E-state index in [4.69, 9.17) is 5.73 Å². The number of rotatable bonds is 5. The van der Waals surface area contributed by atoms with Crippen LogP contribution in [0.3, 0.4) is 0 Å². The monoisotopic (exact) mass is 293 g/mol. The van der Waals surface area contributed by atoms with E-state index in [0.717, 1.165) is 30.2 Å². The Kier molecular flexibility index (Phi) is 5.88. The van der Waals surface area contributed by atoms with Crippen molar-refractivity contribution < 1.29 is 4.79 Å². The van der Waals surface area contributed by atoms with Crippen molar-refractivity contribution in [1.82, 2.24) is 10.2 Å². The van der Waals surface area contributed by atoms with E-state index >= 15 is 0 Å². The molecular formula is C15H23N3OS. The van der Waals surface area contributed by atoms with E-state index in [1.807, 2.05) is 49.0 Å². The predicted octanol–water partition coefficient (Wildman–Crippen LogP) is 1.24.